The van der Waals surface area contributed by atoms with Gasteiger partial charge in [0.2, 0.25) is 0 Å². The average Bonchev–Trinajstić information content (AvgIpc) is 2.65. The fourth-order valence-corrected chi connectivity index (χ4v) is 1.74. The van der Waals surface area contributed by atoms with Gasteiger partial charge in [-0.15, -0.1) is 0 Å². The van der Waals surface area contributed by atoms with Crippen molar-refractivity contribution in [2.75, 3.05) is 6.61 Å². The largest absolute Gasteiger partial charge is 0.493 e. The number of ether oxygens (including phenoxy) is 1. The highest BCUT2D eigenvalue weighted by atomic mass is 19.3. The molecule has 0 bridgehead atoms. The number of carboxylic acid groups (broad SMARTS) is 1. The van der Waals surface area contributed by atoms with Crippen molar-refractivity contribution >= 4 is 5.97 Å². The minimum atomic E-state index is -3.75. The third kappa shape index (κ3) is 1.85. The molecule has 3 nitrogen and oxygen atoms in total. The number of para-hydroxylation sites is 1. The molecule has 16 heavy (non-hydrogen) atoms. The Morgan fingerprint density at radius 3 is 2.94 bits per heavy atom. The number of aliphatic carboxylic acids is 1. The smallest absolute Gasteiger partial charge is 0.374 e. The van der Waals surface area contributed by atoms with Crippen LogP contribution in [0.15, 0.2) is 18.2 Å². The molecule has 1 aromatic rings. The number of fused-ring (bicyclic) bond motifs is 1. The summed E-state index contributed by atoms with van der Waals surface area (Å²) in [6.45, 7) is 0.463. The molecule has 1 heterocycles. The maximum Gasteiger partial charge on any atom is 0.374 e. The molecule has 0 aromatic heterocycles. The first-order valence-corrected chi connectivity index (χ1v) is 4.85. The van der Waals surface area contributed by atoms with Crippen LogP contribution in [0.5, 0.6) is 5.75 Å². The van der Waals surface area contributed by atoms with Crippen LogP contribution in [0.1, 0.15) is 11.1 Å². The second-order valence-electron chi connectivity index (χ2n) is 3.69. The Balaban J connectivity index is 2.29. The lowest BCUT2D eigenvalue weighted by Gasteiger charge is -2.13. The van der Waals surface area contributed by atoms with Gasteiger partial charge in [-0.2, -0.15) is 8.78 Å². The van der Waals surface area contributed by atoms with Crippen LogP contribution in [0.4, 0.5) is 8.78 Å². The predicted octanol–water partition coefficient (Wildman–Crippen LogP) is 1.88. The van der Waals surface area contributed by atoms with E-state index in [2.05, 4.69) is 0 Å². The SMILES string of the molecule is O=C(O)C(F)(F)Cc1cccc2c1OCC2. The van der Waals surface area contributed by atoms with Crippen LogP contribution in [0, 0.1) is 0 Å². The van der Waals surface area contributed by atoms with Gasteiger partial charge in [0.1, 0.15) is 5.75 Å². The van der Waals surface area contributed by atoms with Gasteiger partial charge in [-0.3, -0.25) is 0 Å². The zero-order chi connectivity index (χ0) is 11.8. The first kappa shape index (κ1) is 10.9. The van der Waals surface area contributed by atoms with E-state index in [1.54, 1.807) is 12.1 Å². The molecule has 0 amide bonds. The van der Waals surface area contributed by atoms with Gasteiger partial charge in [-0.05, 0) is 5.56 Å². The molecule has 1 N–H and O–H groups in total. The van der Waals surface area contributed by atoms with Gasteiger partial charge in [0.25, 0.3) is 0 Å². The van der Waals surface area contributed by atoms with Crippen LogP contribution >= 0.6 is 0 Å². The fraction of sp³-hybridized carbons (Fsp3) is 0.364. The second kappa shape index (κ2) is 3.73. The number of carboxylic acids is 1. The lowest BCUT2D eigenvalue weighted by Crippen LogP contribution is -2.30. The summed E-state index contributed by atoms with van der Waals surface area (Å²) in [5, 5.41) is 8.36. The maximum absolute atomic E-state index is 13.0. The number of halogens is 2. The Kier molecular flexibility index (Phi) is 2.53. The molecule has 1 aliphatic rings. The minimum absolute atomic E-state index is 0.252. The molecular formula is C11H10F2O3. The molecule has 0 fully saturated rings. The summed E-state index contributed by atoms with van der Waals surface area (Å²) in [6.07, 6.45) is -0.146. The highest BCUT2D eigenvalue weighted by molar-refractivity contribution is 5.76. The summed E-state index contributed by atoms with van der Waals surface area (Å²) >= 11 is 0. The predicted molar refractivity (Wildman–Crippen MR) is 51.9 cm³/mol. The van der Waals surface area contributed by atoms with Crippen molar-refractivity contribution in [3.05, 3.63) is 29.3 Å². The number of hydrogen-bond acceptors (Lipinski definition) is 2. The normalized spacial score (nSPS) is 14.4. The van der Waals surface area contributed by atoms with Crippen LogP contribution in [0.25, 0.3) is 0 Å². The highest BCUT2D eigenvalue weighted by Gasteiger charge is 2.40. The van der Waals surface area contributed by atoms with Crippen LogP contribution in [0.3, 0.4) is 0 Å². The molecule has 0 spiro atoms. The summed E-state index contributed by atoms with van der Waals surface area (Å²) in [7, 11) is 0. The lowest BCUT2D eigenvalue weighted by molar-refractivity contribution is -0.164. The van der Waals surface area contributed by atoms with Crippen LogP contribution in [-0.4, -0.2) is 23.6 Å². The van der Waals surface area contributed by atoms with Crippen molar-refractivity contribution in [2.45, 2.75) is 18.8 Å². The van der Waals surface area contributed by atoms with Gasteiger partial charge in [-0.25, -0.2) is 4.79 Å². The molecule has 1 aliphatic heterocycles. The molecule has 0 radical (unpaired) electrons. The summed E-state index contributed by atoms with van der Waals surface area (Å²) < 4.78 is 31.3. The quantitative estimate of drug-likeness (QED) is 0.859. The van der Waals surface area contributed by atoms with Crippen molar-refractivity contribution in [1.29, 1.82) is 0 Å². The Bertz CT molecular complexity index is 429. The highest BCUT2D eigenvalue weighted by Crippen LogP contribution is 2.33. The van der Waals surface area contributed by atoms with Crippen molar-refractivity contribution in [3.63, 3.8) is 0 Å². The summed E-state index contributed by atoms with van der Waals surface area (Å²) in [5.74, 6) is -5.44. The molecule has 5 heteroatoms. The van der Waals surface area contributed by atoms with E-state index in [4.69, 9.17) is 9.84 Å². The van der Waals surface area contributed by atoms with Gasteiger partial charge in [0.15, 0.2) is 0 Å². The van der Waals surface area contributed by atoms with E-state index in [1.807, 2.05) is 0 Å². The van der Waals surface area contributed by atoms with E-state index >= 15 is 0 Å². The molecule has 2 rings (SSSR count). The summed E-state index contributed by atoms with van der Waals surface area (Å²) in [5.41, 5.74) is 1.11. The fourth-order valence-electron chi connectivity index (χ4n) is 1.74. The molecule has 0 unspecified atom stereocenters. The number of hydrogen-bond donors (Lipinski definition) is 1. The Labute approximate surface area is 90.7 Å². The molecule has 1 aromatic carbocycles. The molecule has 0 atom stereocenters. The van der Waals surface area contributed by atoms with E-state index in [9.17, 15) is 13.6 Å². The molecule has 0 aliphatic carbocycles. The molecule has 0 saturated heterocycles. The van der Waals surface area contributed by atoms with E-state index in [-0.39, 0.29) is 5.56 Å². The topological polar surface area (TPSA) is 46.5 Å². The molecule has 86 valence electrons. The van der Waals surface area contributed by atoms with E-state index in [0.29, 0.717) is 18.8 Å². The van der Waals surface area contributed by atoms with Crippen LogP contribution < -0.4 is 4.74 Å². The van der Waals surface area contributed by atoms with Gasteiger partial charge in [-0.1, -0.05) is 18.2 Å². The number of benzene rings is 1. The first-order chi connectivity index (χ1) is 7.50. The third-order valence-corrected chi connectivity index (χ3v) is 2.52. The van der Waals surface area contributed by atoms with Crippen LogP contribution in [-0.2, 0) is 17.6 Å². The first-order valence-electron chi connectivity index (χ1n) is 4.85. The van der Waals surface area contributed by atoms with Crippen LogP contribution in [0.2, 0.25) is 0 Å². The number of rotatable bonds is 3. The third-order valence-electron chi connectivity index (χ3n) is 2.52. The summed E-state index contributed by atoms with van der Waals surface area (Å²) in [6, 6.07) is 4.91. The molecular weight excluding hydrogens is 218 g/mol. The van der Waals surface area contributed by atoms with Crippen molar-refractivity contribution in [1.82, 2.24) is 0 Å². The maximum atomic E-state index is 13.0. The lowest BCUT2D eigenvalue weighted by atomic mass is 10.0. The van der Waals surface area contributed by atoms with Crippen molar-refractivity contribution in [2.24, 2.45) is 0 Å². The summed E-state index contributed by atoms with van der Waals surface area (Å²) in [4.78, 5) is 10.3. The van der Waals surface area contributed by atoms with E-state index in [1.165, 1.54) is 6.07 Å². The molecule has 0 saturated carbocycles. The van der Waals surface area contributed by atoms with Gasteiger partial charge < -0.3 is 9.84 Å². The Hall–Kier alpha value is -1.65. The monoisotopic (exact) mass is 228 g/mol. The zero-order valence-corrected chi connectivity index (χ0v) is 8.37. The number of carbonyl (C=O) groups is 1. The second-order valence-corrected chi connectivity index (χ2v) is 3.69. The minimum Gasteiger partial charge on any atom is -0.493 e. The Morgan fingerprint density at radius 2 is 2.25 bits per heavy atom. The van der Waals surface area contributed by atoms with E-state index in [0.717, 1.165) is 5.56 Å². The van der Waals surface area contributed by atoms with E-state index < -0.39 is 18.3 Å². The zero-order valence-electron chi connectivity index (χ0n) is 8.37. The van der Waals surface area contributed by atoms with Crippen molar-refractivity contribution in [3.8, 4) is 5.75 Å². The van der Waals surface area contributed by atoms with Crippen molar-refractivity contribution < 1.29 is 23.4 Å². The standard InChI is InChI=1S/C11H10F2O3/c12-11(13,10(14)15)6-8-3-1-2-7-4-5-16-9(7)8/h1-3H,4-6H2,(H,14,15). The van der Waals surface area contributed by atoms with Gasteiger partial charge in [0, 0.05) is 12.0 Å². The number of alkyl halides is 2. The van der Waals surface area contributed by atoms with Gasteiger partial charge >= 0.3 is 11.9 Å². The van der Waals surface area contributed by atoms with Gasteiger partial charge in [0.05, 0.1) is 13.0 Å². The average molecular weight is 228 g/mol. The Morgan fingerprint density at radius 1 is 1.50 bits per heavy atom.